The number of rotatable bonds is 2. The molecule has 3 heterocycles. The minimum absolute atomic E-state index is 0.0422. The van der Waals surface area contributed by atoms with E-state index in [4.69, 9.17) is 0 Å². The number of nitrogens with one attached hydrogen (secondary N) is 2. The normalized spacial score (nSPS) is 24.4. The Kier molecular flexibility index (Phi) is 3.76. The third-order valence-corrected chi connectivity index (χ3v) is 4.67. The Morgan fingerprint density at radius 1 is 1.12 bits per heavy atom. The van der Waals surface area contributed by atoms with Gasteiger partial charge >= 0.3 is 0 Å². The van der Waals surface area contributed by atoms with Crippen LogP contribution in [0.3, 0.4) is 0 Å². The second-order valence-electron chi connectivity index (χ2n) is 6.47. The van der Waals surface area contributed by atoms with Gasteiger partial charge < -0.3 is 10.3 Å². The number of benzene rings is 1. The molecule has 1 aliphatic rings. The number of aromatic amines is 1. The number of H-pyrrole nitrogens is 1. The highest BCUT2D eigenvalue weighted by molar-refractivity contribution is 5.73. The SMILES string of the molecule is CC1CC(c2ncc3[nH]ccc3n2)CC(c2ccc(F)c(F)c2)N1. The van der Waals surface area contributed by atoms with Gasteiger partial charge in [-0.2, -0.15) is 0 Å². The lowest BCUT2D eigenvalue weighted by Crippen LogP contribution is -2.38. The van der Waals surface area contributed by atoms with Crippen LogP contribution in [-0.2, 0) is 0 Å². The topological polar surface area (TPSA) is 53.6 Å². The van der Waals surface area contributed by atoms with E-state index in [1.165, 1.54) is 12.1 Å². The van der Waals surface area contributed by atoms with E-state index in [9.17, 15) is 8.78 Å². The van der Waals surface area contributed by atoms with Crippen LogP contribution in [-0.4, -0.2) is 21.0 Å². The highest BCUT2D eigenvalue weighted by atomic mass is 19.2. The number of nitrogens with zero attached hydrogens (tertiary/aromatic N) is 2. The molecule has 2 aromatic heterocycles. The van der Waals surface area contributed by atoms with Crippen LogP contribution in [0.4, 0.5) is 8.78 Å². The molecule has 0 aliphatic carbocycles. The standard InChI is InChI=1S/C18H18F2N4/c1-10-6-12(18-22-9-17-15(24-18)4-5-21-17)8-16(23-10)11-2-3-13(19)14(20)7-11/h2-5,7,9-10,12,16,21,23H,6,8H2,1H3. The van der Waals surface area contributed by atoms with E-state index in [2.05, 4.69) is 27.2 Å². The van der Waals surface area contributed by atoms with E-state index in [-0.39, 0.29) is 18.0 Å². The van der Waals surface area contributed by atoms with E-state index in [0.717, 1.165) is 35.3 Å². The van der Waals surface area contributed by atoms with E-state index < -0.39 is 11.6 Å². The van der Waals surface area contributed by atoms with Crippen molar-refractivity contribution in [3.63, 3.8) is 0 Å². The Balaban J connectivity index is 1.63. The van der Waals surface area contributed by atoms with Crippen LogP contribution >= 0.6 is 0 Å². The van der Waals surface area contributed by atoms with E-state index in [1.54, 1.807) is 12.3 Å². The smallest absolute Gasteiger partial charge is 0.159 e. The number of aromatic nitrogens is 3. The minimum atomic E-state index is -0.819. The van der Waals surface area contributed by atoms with Gasteiger partial charge in [0.15, 0.2) is 11.6 Å². The molecule has 3 atom stereocenters. The van der Waals surface area contributed by atoms with Crippen molar-refractivity contribution >= 4 is 11.0 Å². The molecule has 6 heteroatoms. The highest BCUT2D eigenvalue weighted by Crippen LogP contribution is 2.35. The molecule has 4 rings (SSSR count). The zero-order chi connectivity index (χ0) is 16.7. The summed E-state index contributed by atoms with van der Waals surface area (Å²) in [5.41, 5.74) is 2.57. The Hall–Kier alpha value is -2.34. The van der Waals surface area contributed by atoms with Gasteiger partial charge in [-0.25, -0.2) is 18.7 Å². The fourth-order valence-electron chi connectivity index (χ4n) is 3.51. The average Bonchev–Trinajstić information content (AvgIpc) is 3.04. The quantitative estimate of drug-likeness (QED) is 0.752. The number of piperidine rings is 1. The minimum Gasteiger partial charge on any atom is -0.359 e. The van der Waals surface area contributed by atoms with Gasteiger partial charge in [-0.3, -0.25) is 0 Å². The summed E-state index contributed by atoms with van der Waals surface area (Å²) in [6.45, 7) is 2.09. The molecule has 1 aliphatic heterocycles. The van der Waals surface area contributed by atoms with Gasteiger partial charge in [-0.05, 0) is 43.5 Å². The van der Waals surface area contributed by atoms with Gasteiger partial charge in [-0.15, -0.1) is 0 Å². The molecule has 0 saturated carbocycles. The average molecular weight is 328 g/mol. The van der Waals surface area contributed by atoms with Crippen molar-refractivity contribution in [3.05, 3.63) is 59.7 Å². The zero-order valence-electron chi connectivity index (χ0n) is 13.3. The van der Waals surface area contributed by atoms with E-state index in [0.29, 0.717) is 0 Å². The zero-order valence-corrected chi connectivity index (χ0v) is 13.3. The molecule has 3 aromatic rings. The molecule has 3 unspecified atom stereocenters. The Morgan fingerprint density at radius 2 is 2.00 bits per heavy atom. The molecule has 24 heavy (non-hydrogen) atoms. The van der Waals surface area contributed by atoms with Crippen molar-refractivity contribution in [1.82, 2.24) is 20.3 Å². The van der Waals surface area contributed by atoms with Crippen LogP contribution < -0.4 is 5.32 Å². The maximum Gasteiger partial charge on any atom is 0.159 e. The molecule has 1 aromatic carbocycles. The Morgan fingerprint density at radius 3 is 2.83 bits per heavy atom. The van der Waals surface area contributed by atoms with Crippen LogP contribution in [0, 0.1) is 11.6 Å². The third kappa shape index (κ3) is 2.78. The van der Waals surface area contributed by atoms with Gasteiger partial charge in [0.1, 0.15) is 5.82 Å². The van der Waals surface area contributed by atoms with Crippen LogP contribution in [0.2, 0.25) is 0 Å². The van der Waals surface area contributed by atoms with Crippen LogP contribution in [0.1, 0.15) is 43.1 Å². The molecule has 0 radical (unpaired) electrons. The lowest BCUT2D eigenvalue weighted by Gasteiger charge is -2.34. The van der Waals surface area contributed by atoms with Crippen molar-refractivity contribution in [3.8, 4) is 0 Å². The van der Waals surface area contributed by atoms with Crippen LogP contribution in [0.5, 0.6) is 0 Å². The van der Waals surface area contributed by atoms with Crippen molar-refractivity contribution in [2.75, 3.05) is 0 Å². The predicted molar refractivity (Wildman–Crippen MR) is 87.6 cm³/mol. The van der Waals surface area contributed by atoms with Crippen molar-refractivity contribution in [2.24, 2.45) is 0 Å². The molecule has 4 nitrogen and oxygen atoms in total. The molecule has 0 spiro atoms. The van der Waals surface area contributed by atoms with Crippen molar-refractivity contribution in [1.29, 1.82) is 0 Å². The largest absolute Gasteiger partial charge is 0.359 e. The fourth-order valence-corrected chi connectivity index (χ4v) is 3.51. The number of hydrogen-bond donors (Lipinski definition) is 2. The predicted octanol–water partition coefficient (Wildman–Crippen LogP) is 3.83. The lowest BCUT2D eigenvalue weighted by atomic mass is 9.85. The van der Waals surface area contributed by atoms with Gasteiger partial charge in [0.05, 0.1) is 17.2 Å². The monoisotopic (exact) mass is 328 g/mol. The molecular formula is C18H18F2N4. The van der Waals surface area contributed by atoms with Crippen molar-refractivity contribution in [2.45, 2.75) is 37.8 Å². The van der Waals surface area contributed by atoms with E-state index >= 15 is 0 Å². The summed E-state index contributed by atoms with van der Waals surface area (Å²) in [5.74, 6) is -0.642. The fraction of sp³-hybridized carbons (Fsp3) is 0.333. The maximum absolute atomic E-state index is 13.6. The first-order valence-electron chi connectivity index (χ1n) is 8.11. The molecular weight excluding hydrogens is 310 g/mol. The molecule has 1 saturated heterocycles. The first-order chi connectivity index (χ1) is 11.6. The van der Waals surface area contributed by atoms with Gasteiger partial charge in [0.2, 0.25) is 0 Å². The van der Waals surface area contributed by atoms with Gasteiger partial charge in [0, 0.05) is 24.2 Å². The first kappa shape index (κ1) is 15.2. The van der Waals surface area contributed by atoms with E-state index in [1.807, 2.05) is 12.3 Å². The Bertz CT molecular complexity index is 876. The summed E-state index contributed by atoms with van der Waals surface area (Å²) >= 11 is 0. The summed E-state index contributed by atoms with van der Waals surface area (Å²) in [7, 11) is 0. The van der Waals surface area contributed by atoms with Crippen molar-refractivity contribution < 1.29 is 8.78 Å². The first-order valence-corrected chi connectivity index (χ1v) is 8.11. The van der Waals surface area contributed by atoms with Gasteiger partial charge in [-0.1, -0.05) is 6.07 Å². The summed E-state index contributed by atoms with van der Waals surface area (Å²) in [4.78, 5) is 12.2. The van der Waals surface area contributed by atoms with Crippen LogP contribution in [0.15, 0.2) is 36.7 Å². The number of halogens is 2. The number of hydrogen-bond acceptors (Lipinski definition) is 3. The summed E-state index contributed by atoms with van der Waals surface area (Å²) in [6.07, 6.45) is 5.32. The van der Waals surface area contributed by atoms with Crippen LogP contribution in [0.25, 0.3) is 11.0 Å². The Labute approximate surface area is 138 Å². The maximum atomic E-state index is 13.6. The molecule has 1 fully saturated rings. The third-order valence-electron chi connectivity index (χ3n) is 4.67. The summed E-state index contributed by atoms with van der Waals surface area (Å²) in [5, 5.41) is 3.46. The highest BCUT2D eigenvalue weighted by Gasteiger charge is 2.30. The number of fused-ring (bicyclic) bond motifs is 1. The molecule has 0 bridgehead atoms. The second kappa shape index (κ2) is 5.94. The summed E-state index contributed by atoms with van der Waals surface area (Å²) < 4.78 is 26.7. The molecule has 2 N–H and O–H groups in total. The van der Waals surface area contributed by atoms with Gasteiger partial charge in [0.25, 0.3) is 0 Å². The second-order valence-corrected chi connectivity index (χ2v) is 6.47. The molecule has 124 valence electrons. The lowest BCUT2D eigenvalue weighted by molar-refractivity contribution is 0.299. The molecule has 0 amide bonds. The summed E-state index contributed by atoms with van der Waals surface area (Å²) in [6, 6.07) is 6.23.